The Bertz CT molecular complexity index is 1010. The van der Waals surface area contributed by atoms with Crippen molar-refractivity contribution < 1.29 is 0 Å². The summed E-state index contributed by atoms with van der Waals surface area (Å²) in [6.45, 7) is 0. The molecule has 6 heteroatoms. The van der Waals surface area contributed by atoms with Crippen molar-refractivity contribution in [3.05, 3.63) is 41.9 Å². The molecule has 0 amide bonds. The van der Waals surface area contributed by atoms with E-state index in [9.17, 15) is 0 Å². The van der Waals surface area contributed by atoms with Crippen LogP contribution in [-0.4, -0.2) is 25.8 Å². The Hall–Kier alpha value is -3.38. The molecular weight excluding hydrogens is 312 g/mol. The SMILES string of the molecule is C#Cc1cnc(-n2ncc3cc(C#N)cnc32)cc1NC1CCCC1. The average molecular weight is 328 g/mol. The van der Waals surface area contributed by atoms with Gasteiger partial charge in [-0.25, -0.2) is 9.97 Å². The number of fused-ring (bicyclic) bond motifs is 1. The van der Waals surface area contributed by atoms with Crippen molar-refractivity contribution in [2.45, 2.75) is 31.7 Å². The highest BCUT2D eigenvalue weighted by Gasteiger charge is 2.17. The predicted octanol–water partition coefficient (Wildman–Crippen LogP) is 3.02. The molecule has 0 aliphatic heterocycles. The van der Waals surface area contributed by atoms with Gasteiger partial charge in [0.25, 0.3) is 0 Å². The van der Waals surface area contributed by atoms with Crippen LogP contribution in [0.3, 0.4) is 0 Å². The second-order valence-electron chi connectivity index (χ2n) is 6.16. The number of nitrogens with one attached hydrogen (secondary N) is 1. The monoisotopic (exact) mass is 328 g/mol. The zero-order chi connectivity index (χ0) is 17.2. The second-order valence-corrected chi connectivity index (χ2v) is 6.16. The standard InChI is InChI=1S/C19H16N6/c1-2-14-11-21-18(8-17(14)24-16-5-3-4-6-16)25-19-15(12-23-25)7-13(9-20)10-22-19/h1,7-8,10-12,16H,3-6H2,(H,21,24). The molecule has 0 atom stereocenters. The van der Waals surface area contributed by atoms with Crippen LogP contribution in [0.2, 0.25) is 0 Å². The van der Waals surface area contributed by atoms with Gasteiger partial charge in [-0.3, -0.25) is 0 Å². The number of nitriles is 1. The molecule has 25 heavy (non-hydrogen) atoms. The molecule has 3 aromatic heterocycles. The number of anilines is 1. The van der Waals surface area contributed by atoms with E-state index in [2.05, 4.69) is 32.4 Å². The van der Waals surface area contributed by atoms with E-state index in [-0.39, 0.29) is 0 Å². The maximum atomic E-state index is 8.99. The molecule has 0 spiro atoms. The molecule has 0 unspecified atom stereocenters. The summed E-state index contributed by atoms with van der Waals surface area (Å²) in [5, 5.41) is 17.7. The second kappa shape index (κ2) is 6.26. The number of hydrogen-bond donors (Lipinski definition) is 1. The molecule has 3 aromatic rings. The smallest absolute Gasteiger partial charge is 0.164 e. The lowest BCUT2D eigenvalue weighted by molar-refractivity contribution is 0.754. The topological polar surface area (TPSA) is 79.4 Å². The Morgan fingerprint density at radius 1 is 1.16 bits per heavy atom. The number of pyridine rings is 2. The van der Waals surface area contributed by atoms with Crippen LogP contribution in [0.1, 0.15) is 36.8 Å². The Morgan fingerprint density at radius 3 is 2.76 bits per heavy atom. The van der Waals surface area contributed by atoms with Crippen LogP contribution >= 0.6 is 0 Å². The van der Waals surface area contributed by atoms with Crippen molar-refractivity contribution in [3.63, 3.8) is 0 Å². The van der Waals surface area contributed by atoms with Gasteiger partial charge in [0.05, 0.1) is 23.0 Å². The molecule has 1 aliphatic rings. The summed E-state index contributed by atoms with van der Waals surface area (Å²) in [5.41, 5.74) is 2.81. The van der Waals surface area contributed by atoms with Gasteiger partial charge in [-0.05, 0) is 18.9 Å². The molecule has 0 saturated heterocycles. The summed E-state index contributed by atoms with van der Waals surface area (Å²) in [7, 11) is 0. The number of nitrogens with zero attached hydrogens (tertiary/aromatic N) is 5. The minimum atomic E-state index is 0.452. The Morgan fingerprint density at radius 2 is 2.00 bits per heavy atom. The van der Waals surface area contributed by atoms with Gasteiger partial charge < -0.3 is 5.32 Å². The van der Waals surface area contributed by atoms with Gasteiger partial charge in [0.15, 0.2) is 11.5 Å². The molecule has 0 radical (unpaired) electrons. The first-order chi connectivity index (χ1) is 12.3. The first-order valence-corrected chi connectivity index (χ1v) is 8.26. The molecule has 6 nitrogen and oxygen atoms in total. The molecule has 1 aliphatic carbocycles. The fourth-order valence-corrected chi connectivity index (χ4v) is 3.23. The van der Waals surface area contributed by atoms with E-state index < -0.39 is 0 Å². The van der Waals surface area contributed by atoms with Crippen LogP contribution in [0.25, 0.3) is 16.9 Å². The van der Waals surface area contributed by atoms with Crippen LogP contribution in [0.15, 0.2) is 30.7 Å². The summed E-state index contributed by atoms with van der Waals surface area (Å²) >= 11 is 0. The summed E-state index contributed by atoms with van der Waals surface area (Å²) in [6.07, 6.45) is 15.3. The minimum absolute atomic E-state index is 0.452. The zero-order valence-electron chi connectivity index (χ0n) is 13.6. The van der Waals surface area contributed by atoms with Crippen molar-refractivity contribution in [3.8, 4) is 24.2 Å². The Labute approximate surface area is 145 Å². The van der Waals surface area contributed by atoms with Gasteiger partial charge >= 0.3 is 0 Å². The first-order valence-electron chi connectivity index (χ1n) is 8.26. The van der Waals surface area contributed by atoms with E-state index in [0.717, 1.165) is 29.5 Å². The van der Waals surface area contributed by atoms with E-state index in [4.69, 9.17) is 11.7 Å². The van der Waals surface area contributed by atoms with Crippen molar-refractivity contribution in [2.24, 2.45) is 0 Å². The van der Waals surface area contributed by atoms with Crippen LogP contribution in [0, 0.1) is 23.7 Å². The summed E-state index contributed by atoms with van der Waals surface area (Å²) in [4.78, 5) is 8.77. The van der Waals surface area contributed by atoms with Gasteiger partial charge in [-0.1, -0.05) is 18.8 Å². The lowest BCUT2D eigenvalue weighted by Crippen LogP contribution is -2.16. The number of aromatic nitrogens is 4. The highest BCUT2D eigenvalue weighted by atomic mass is 15.3. The van der Waals surface area contributed by atoms with E-state index >= 15 is 0 Å². The summed E-state index contributed by atoms with van der Waals surface area (Å²) in [5.74, 6) is 3.33. The fourth-order valence-electron chi connectivity index (χ4n) is 3.23. The molecular formula is C19H16N6. The summed E-state index contributed by atoms with van der Waals surface area (Å²) < 4.78 is 1.66. The molecule has 0 aromatic carbocycles. The highest BCUT2D eigenvalue weighted by Crippen LogP contribution is 2.26. The molecule has 122 valence electrons. The van der Waals surface area contributed by atoms with Gasteiger partial charge in [0.2, 0.25) is 0 Å². The number of hydrogen-bond acceptors (Lipinski definition) is 5. The van der Waals surface area contributed by atoms with Crippen LogP contribution in [0.4, 0.5) is 5.69 Å². The van der Waals surface area contributed by atoms with Gasteiger partial charge in [0, 0.05) is 29.9 Å². The maximum Gasteiger partial charge on any atom is 0.164 e. The van der Waals surface area contributed by atoms with Gasteiger partial charge in [-0.2, -0.15) is 15.0 Å². The fraction of sp³-hybridized carbons (Fsp3) is 0.263. The molecule has 4 rings (SSSR count). The third-order valence-electron chi connectivity index (χ3n) is 4.51. The van der Waals surface area contributed by atoms with E-state index in [0.29, 0.717) is 23.1 Å². The zero-order valence-corrected chi connectivity index (χ0v) is 13.6. The first kappa shape index (κ1) is 15.2. The lowest BCUT2D eigenvalue weighted by Gasteiger charge is -2.16. The van der Waals surface area contributed by atoms with E-state index in [1.165, 1.54) is 19.0 Å². The van der Waals surface area contributed by atoms with Gasteiger partial charge in [0.1, 0.15) is 6.07 Å². The van der Waals surface area contributed by atoms with Crippen molar-refractivity contribution >= 4 is 16.7 Å². The maximum absolute atomic E-state index is 8.99. The molecule has 3 heterocycles. The summed E-state index contributed by atoms with van der Waals surface area (Å²) in [6, 6.07) is 6.22. The quantitative estimate of drug-likeness (QED) is 0.748. The molecule has 0 bridgehead atoms. The van der Waals surface area contributed by atoms with E-state index in [1.807, 2.05) is 6.07 Å². The highest BCUT2D eigenvalue weighted by molar-refractivity contribution is 5.77. The van der Waals surface area contributed by atoms with Crippen LogP contribution in [-0.2, 0) is 0 Å². The molecule has 1 N–H and O–H groups in total. The number of terminal acetylenes is 1. The Kier molecular flexibility index (Phi) is 3.80. The average Bonchev–Trinajstić information content (AvgIpc) is 3.30. The third kappa shape index (κ3) is 2.79. The predicted molar refractivity (Wildman–Crippen MR) is 95.2 cm³/mol. The lowest BCUT2D eigenvalue weighted by atomic mass is 10.2. The Balaban J connectivity index is 1.75. The van der Waals surface area contributed by atoms with Gasteiger partial charge in [-0.15, -0.1) is 6.42 Å². The number of rotatable bonds is 3. The van der Waals surface area contributed by atoms with Crippen LogP contribution in [0.5, 0.6) is 0 Å². The molecule has 1 fully saturated rings. The molecule has 1 saturated carbocycles. The third-order valence-corrected chi connectivity index (χ3v) is 4.51. The van der Waals surface area contributed by atoms with Crippen molar-refractivity contribution in [1.82, 2.24) is 19.7 Å². The van der Waals surface area contributed by atoms with Crippen LogP contribution < -0.4 is 5.32 Å². The normalized spacial score (nSPS) is 14.3. The largest absolute Gasteiger partial charge is 0.381 e. The van der Waals surface area contributed by atoms with Crippen molar-refractivity contribution in [1.29, 1.82) is 5.26 Å². The van der Waals surface area contributed by atoms with Crippen molar-refractivity contribution in [2.75, 3.05) is 5.32 Å². The minimum Gasteiger partial charge on any atom is -0.381 e. The van der Waals surface area contributed by atoms with E-state index in [1.54, 1.807) is 23.1 Å².